The fourth-order valence-electron chi connectivity index (χ4n) is 3.12. The number of nitrogens with zero attached hydrogens (tertiary/aromatic N) is 4. The first-order valence-electron chi connectivity index (χ1n) is 7.33. The lowest BCUT2D eigenvalue weighted by molar-refractivity contribution is 0.852. The second kappa shape index (κ2) is 4.52. The van der Waals surface area contributed by atoms with Gasteiger partial charge in [0.25, 0.3) is 0 Å². The Kier molecular flexibility index (Phi) is 2.64. The quantitative estimate of drug-likeness (QED) is 0.536. The Hall–Kier alpha value is -2.49. The van der Waals surface area contributed by atoms with Crippen molar-refractivity contribution >= 4 is 38.4 Å². The average molecular weight is 276 g/mol. The second-order valence-electron chi connectivity index (χ2n) is 5.18. The van der Waals surface area contributed by atoms with E-state index in [0.717, 1.165) is 40.7 Å². The number of anilines is 1. The van der Waals surface area contributed by atoms with E-state index in [4.69, 9.17) is 0 Å². The number of pyridine rings is 1. The number of aromatic nitrogens is 3. The molecule has 2 aromatic heterocycles. The van der Waals surface area contributed by atoms with Crippen molar-refractivity contribution < 1.29 is 0 Å². The highest BCUT2D eigenvalue weighted by Gasteiger charge is 2.15. The van der Waals surface area contributed by atoms with Gasteiger partial charge in [-0.25, -0.2) is 15.0 Å². The van der Waals surface area contributed by atoms with E-state index in [1.807, 2.05) is 12.3 Å². The highest BCUT2D eigenvalue weighted by Crippen LogP contribution is 2.36. The Morgan fingerprint density at radius 3 is 2.29 bits per heavy atom. The summed E-state index contributed by atoms with van der Waals surface area (Å²) in [7, 11) is 0. The molecule has 2 aromatic carbocycles. The van der Waals surface area contributed by atoms with Gasteiger partial charge in [-0.3, -0.25) is 0 Å². The van der Waals surface area contributed by atoms with Crippen LogP contribution < -0.4 is 4.90 Å². The largest absolute Gasteiger partial charge is 0.357 e. The SMILES string of the molecule is CCN(CC)c1ncc2ccc3ncnc4ccc1c2c34. The molecule has 0 saturated heterocycles. The summed E-state index contributed by atoms with van der Waals surface area (Å²) in [5.41, 5.74) is 1.99. The first-order chi connectivity index (χ1) is 10.3. The van der Waals surface area contributed by atoms with Gasteiger partial charge in [0.2, 0.25) is 0 Å². The molecule has 4 rings (SSSR count). The molecule has 0 aliphatic heterocycles. The molecule has 0 atom stereocenters. The van der Waals surface area contributed by atoms with Crippen molar-refractivity contribution in [1.82, 2.24) is 15.0 Å². The third-order valence-electron chi connectivity index (χ3n) is 4.17. The van der Waals surface area contributed by atoms with Gasteiger partial charge in [0.05, 0.1) is 11.0 Å². The third kappa shape index (κ3) is 1.65. The van der Waals surface area contributed by atoms with E-state index in [1.165, 1.54) is 10.8 Å². The standard InChI is InChI=1S/C17H16N4/c1-3-21(4-2)17-12-6-8-14-16-13(19-10-20-14)7-5-11(9-18-17)15(12)16/h5-10H,3-4H2,1-2H3. The fourth-order valence-corrected chi connectivity index (χ4v) is 3.12. The molecule has 0 saturated carbocycles. The highest BCUT2D eigenvalue weighted by atomic mass is 15.2. The van der Waals surface area contributed by atoms with Crippen molar-refractivity contribution in [3.8, 4) is 0 Å². The van der Waals surface area contributed by atoms with Crippen molar-refractivity contribution in [2.75, 3.05) is 18.0 Å². The zero-order chi connectivity index (χ0) is 14.4. The van der Waals surface area contributed by atoms with Gasteiger partial charge in [0.1, 0.15) is 12.1 Å². The zero-order valence-electron chi connectivity index (χ0n) is 12.2. The van der Waals surface area contributed by atoms with E-state index in [1.54, 1.807) is 6.33 Å². The Bertz CT molecular complexity index is 912. The summed E-state index contributed by atoms with van der Waals surface area (Å²) in [4.78, 5) is 15.8. The van der Waals surface area contributed by atoms with Crippen LogP contribution in [0, 0.1) is 0 Å². The zero-order valence-corrected chi connectivity index (χ0v) is 12.2. The van der Waals surface area contributed by atoms with Crippen LogP contribution in [-0.4, -0.2) is 28.0 Å². The summed E-state index contributed by atoms with van der Waals surface area (Å²) in [5, 5.41) is 4.70. The van der Waals surface area contributed by atoms with Crippen LogP contribution in [0.5, 0.6) is 0 Å². The van der Waals surface area contributed by atoms with Crippen molar-refractivity contribution in [3.63, 3.8) is 0 Å². The lowest BCUT2D eigenvalue weighted by Gasteiger charge is -2.22. The van der Waals surface area contributed by atoms with Gasteiger partial charge >= 0.3 is 0 Å². The maximum Gasteiger partial charge on any atom is 0.136 e. The molecular weight excluding hydrogens is 260 g/mol. The van der Waals surface area contributed by atoms with E-state index in [2.05, 4.69) is 51.9 Å². The lowest BCUT2D eigenvalue weighted by atomic mass is 10.00. The average Bonchev–Trinajstić information content (AvgIpc) is 2.55. The predicted octanol–water partition coefficient (Wildman–Crippen LogP) is 3.62. The van der Waals surface area contributed by atoms with Crippen LogP contribution in [0.15, 0.2) is 36.8 Å². The molecule has 4 aromatic rings. The lowest BCUT2D eigenvalue weighted by Crippen LogP contribution is -2.23. The van der Waals surface area contributed by atoms with E-state index in [9.17, 15) is 0 Å². The molecule has 21 heavy (non-hydrogen) atoms. The van der Waals surface area contributed by atoms with Gasteiger partial charge < -0.3 is 4.90 Å². The van der Waals surface area contributed by atoms with Crippen LogP contribution >= 0.6 is 0 Å². The molecule has 0 bridgehead atoms. The molecule has 0 fully saturated rings. The Morgan fingerprint density at radius 1 is 0.857 bits per heavy atom. The number of hydrogen-bond donors (Lipinski definition) is 0. The molecular formula is C17H16N4. The van der Waals surface area contributed by atoms with Gasteiger partial charge in [-0.15, -0.1) is 0 Å². The monoisotopic (exact) mass is 276 g/mol. The van der Waals surface area contributed by atoms with Crippen LogP contribution in [0.1, 0.15) is 13.8 Å². The van der Waals surface area contributed by atoms with Gasteiger partial charge in [0.15, 0.2) is 0 Å². The Morgan fingerprint density at radius 2 is 1.57 bits per heavy atom. The van der Waals surface area contributed by atoms with Crippen molar-refractivity contribution in [2.24, 2.45) is 0 Å². The minimum Gasteiger partial charge on any atom is -0.357 e. The van der Waals surface area contributed by atoms with Gasteiger partial charge in [-0.1, -0.05) is 6.07 Å². The number of hydrogen-bond acceptors (Lipinski definition) is 4. The van der Waals surface area contributed by atoms with Gasteiger partial charge in [-0.05, 0) is 32.0 Å². The smallest absolute Gasteiger partial charge is 0.136 e. The summed E-state index contributed by atoms with van der Waals surface area (Å²) in [5.74, 6) is 1.05. The van der Waals surface area contributed by atoms with Crippen molar-refractivity contribution in [1.29, 1.82) is 0 Å². The summed E-state index contributed by atoms with van der Waals surface area (Å²) in [6.07, 6.45) is 3.59. The molecule has 2 heterocycles. The van der Waals surface area contributed by atoms with Crippen molar-refractivity contribution in [2.45, 2.75) is 13.8 Å². The maximum absolute atomic E-state index is 4.69. The van der Waals surface area contributed by atoms with Crippen LogP contribution in [0.4, 0.5) is 5.82 Å². The minimum atomic E-state index is 0.948. The first kappa shape index (κ1) is 12.3. The first-order valence-corrected chi connectivity index (χ1v) is 7.33. The molecule has 0 radical (unpaired) electrons. The van der Waals surface area contributed by atoms with E-state index >= 15 is 0 Å². The molecule has 0 aliphatic rings. The summed E-state index contributed by atoms with van der Waals surface area (Å²) < 4.78 is 0. The molecule has 4 nitrogen and oxygen atoms in total. The Labute approximate surface area is 122 Å². The van der Waals surface area contributed by atoms with Crippen LogP contribution in [-0.2, 0) is 0 Å². The summed E-state index contributed by atoms with van der Waals surface area (Å²) >= 11 is 0. The van der Waals surface area contributed by atoms with E-state index in [0.29, 0.717) is 0 Å². The van der Waals surface area contributed by atoms with Gasteiger partial charge in [0, 0.05) is 40.8 Å². The third-order valence-corrected chi connectivity index (χ3v) is 4.17. The number of benzene rings is 2. The van der Waals surface area contributed by atoms with E-state index < -0.39 is 0 Å². The highest BCUT2D eigenvalue weighted by molar-refractivity contribution is 6.23. The van der Waals surface area contributed by atoms with Crippen molar-refractivity contribution in [3.05, 3.63) is 36.8 Å². The topological polar surface area (TPSA) is 41.9 Å². The summed E-state index contributed by atoms with van der Waals surface area (Å²) in [6.45, 7) is 6.21. The van der Waals surface area contributed by atoms with Crippen LogP contribution in [0.25, 0.3) is 32.6 Å². The summed E-state index contributed by atoms with van der Waals surface area (Å²) in [6, 6.07) is 8.35. The van der Waals surface area contributed by atoms with Gasteiger partial charge in [-0.2, -0.15) is 0 Å². The Balaban J connectivity index is 2.20. The molecule has 0 unspecified atom stereocenters. The molecule has 0 amide bonds. The van der Waals surface area contributed by atoms with E-state index in [-0.39, 0.29) is 0 Å². The molecule has 104 valence electrons. The molecule has 0 aliphatic carbocycles. The predicted molar refractivity (Wildman–Crippen MR) is 87.1 cm³/mol. The maximum atomic E-state index is 4.69. The van der Waals surface area contributed by atoms with Crippen LogP contribution in [0.3, 0.4) is 0 Å². The second-order valence-corrected chi connectivity index (χ2v) is 5.18. The molecule has 0 spiro atoms. The van der Waals surface area contributed by atoms with Crippen LogP contribution in [0.2, 0.25) is 0 Å². The molecule has 4 heteroatoms. The fraction of sp³-hybridized carbons (Fsp3) is 0.235. The normalized spacial score (nSPS) is 11.7. The number of rotatable bonds is 3. The molecule has 0 N–H and O–H groups in total. The minimum absolute atomic E-state index is 0.948.